The van der Waals surface area contributed by atoms with Crippen molar-refractivity contribution in [3.05, 3.63) is 0 Å². The van der Waals surface area contributed by atoms with Gasteiger partial charge >= 0.3 is 0 Å². The molecule has 1 saturated heterocycles. The Hall–Kier alpha value is -0.990. The van der Waals surface area contributed by atoms with Crippen molar-refractivity contribution >= 4 is 23.6 Å². The highest BCUT2D eigenvalue weighted by molar-refractivity contribution is 7.99. The summed E-state index contributed by atoms with van der Waals surface area (Å²) in [5.74, 6) is 3.61. The molecule has 0 saturated carbocycles. The first kappa shape index (κ1) is 11.1. The van der Waals surface area contributed by atoms with Crippen LogP contribution in [0.25, 0.3) is 0 Å². The first-order valence-corrected chi connectivity index (χ1v) is 5.48. The molecule has 1 unspecified atom stereocenters. The predicted molar refractivity (Wildman–Crippen MR) is 55.7 cm³/mol. The maximum absolute atomic E-state index is 11.1. The monoisotopic (exact) mass is 212 g/mol. The molecule has 0 aromatic heterocycles. The van der Waals surface area contributed by atoms with Crippen LogP contribution in [0.3, 0.4) is 0 Å². The van der Waals surface area contributed by atoms with Gasteiger partial charge in [0.2, 0.25) is 11.8 Å². The van der Waals surface area contributed by atoms with Crippen molar-refractivity contribution in [1.82, 2.24) is 10.6 Å². The number of imide groups is 1. The molecule has 14 heavy (non-hydrogen) atoms. The normalized spacial score (nSPS) is 20.6. The first-order chi connectivity index (χ1) is 6.74. The summed E-state index contributed by atoms with van der Waals surface area (Å²) >= 11 is 1.62. The molecule has 5 heteroatoms. The molecule has 1 atom stereocenters. The van der Waals surface area contributed by atoms with Gasteiger partial charge in [-0.05, 0) is 0 Å². The van der Waals surface area contributed by atoms with Gasteiger partial charge in [-0.3, -0.25) is 14.9 Å². The lowest BCUT2D eigenvalue weighted by atomic mass is 10.2. The van der Waals surface area contributed by atoms with Crippen LogP contribution in [0.15, 0.2) is 0 Å². The van der Waals surface area contributed by atoms with E-state index < -0.39 is 0 Å². The summed E-state index contributed by atoms with van der Waals surface area (Å²) in [7, 11) is 0. The maximum atomic E-state index is 11.1. The Morgan fingerprint density at radius 2 is 2.43 bits per heavy atom. The molecule has 0 aromatic carbocycles. The summed E-state index contributed by atoms with van der Waals surface area (Å²) in [6.45, 7) is 0.692. The topological polar surface area (TPSA) is 58.2 Å². The van der Waals surface area contributed by atoms with Gasteiger partial charge < -0.3 is 5.32 Å². The van der Waals surface area contributed by atoms with Crippen LogP contribution in [-0.4, -0.2) is 35.9 Å². The highest BCUT2D eigenvalue weighted by Gasteiger charge is 2.29. The summed E-state index contributed by atoms with van der Waals surface area (Å²) in [5, 5.41) is 5.24. The van der Waals surface area contributed by atoms with E-state index in [0.717, 1.165) is 5.75 Å². The van der Waals surface area contributed by atoms with Crippen molar-refractivity contribution in [3.8, 4) is 12.3 Å². The summed E-state index contributed by atoms with van der Waals surface area (Å²) in [6.07, 6.45) is 5.32. The van der Waals surface area contributed by atoms with Gasteiger partial charge in [-0.25, -0.2) is 0 Å². The lowest BCUT2D eigenvalue weighted by Crippen LogP contribution is -2.37. The number of amides is 2. The Labute approximate surface area is 87.2 Å². The highest BCUT2D eigenvalue weighted by Crippen LogP contribution is 2.02. The van der Waals surface area contributed by atoms with Crippen molar-refractivity contribution in [2.24, 2.45) is 0 Å². The zero-order chi connectivity index (χ0) is 10.4. The largest absolute Gasteiger partial charge is 0.305 e. The van der Waals surface area contributed by atoms with Gasteiger partial charge in [0.1, 0.15) is 0 Å². The minimum absolute atomic E-state index is 0.205. The van der Waals surface area contributed by atoms with E-state index in [1.807, 2.05) is 0 Å². The zero-order valence-electron chi connectivity index (χ0n) is 7.71. The van der Waals surface area contributed by atoms with Gasteiger partial charge in [-0.2, -0.15) is 0 Å². The number of nitrogens with one attached hydrogen (secondary N) is 2. The quantitative estimate of drug-likeness (QED) is 0.361. The molecule has 1 rings (SSSR count). The number of rotatable bonds is 5. The fraction of sp³-hybridized carbons (Fsp3) is 0.556. The second-order valence-electron chi connectivity index (χ2n) is 2.88. The van der Waals surface area contributed by atoms with E-state index in [1.54, 1.807) is 11.8 Å². The Morgan fingerprint density at radius 3 is 3.00 bits per heavy atom. The second kappa shape index (κ2) is 5.68. The average Bonchev–Trinajstić information content (AvgIpc) is 2.45. The lowest BCUT2D eigenvalue weighted by molar-refractivity contribution is -0.125. The van der Waals surface area contributed by atoms with Crippen LogP contribution in [0, 0.1) is 12.3 Å². The smallest absolute Gasteiger partial charge is 0.244 e. The van der Waals surface area contributed by atoms with Crippen LogP contribution >= 0.6 is 11.8 Å². The second-order valence-corrected chi connectivity index (χ2v) is 3.99. The van der Waals surface area contributed by atoms with Gasteiger partial charge in [0, 0.05) is 12.3 Å². The number of hydrogen-bond donors (Lipinski definition) is 2. The van der Waals surface area contributed by atoms with Crippen LogP contribution in [0.4, 0.5) is 0 Å². The molecule has 0 bridgehead atoms. The lowest BCUT2D eigenvalue weighted by Gasteiger charge is -2.07. The van der Waals surface area contributed by atoms with Gasteiger partial charge in [-0.15, -0.1) is 18.2 Å². The molecule has 4 nitrogen and oxygen atoms in total. The van der Waals surface area contributed by atoms with Gasteiger partial charge in [-0.1, -0.05) is 5.92 Å². The molecule has 2 N–H and O–H groups in total. The summed E-state index contributed by atoms with van der Waals surface area (Å²) < 4.78 is 0. The van der Waals surface area contributed by atoms with Crippen molar-refractivity contribution in [3.63, 3.8) is 0 Å². The standard InChI is InChI=1S/C9H12N2O2S/c1-2-4-14-5-3-10-7-6-8(12)11-9(7)13/h1,7,10H,3-6H2,(H,11,12,13). The van der Waals surface area contributed by atoms with E-state index >= 15 is 0 Å². The van der Waals surface area contributed by atoms with Gasteiger partial charge in [0.05, 0.1) is 18.2 Å². The van der Waals surface area contributed by atoms with Crippen LogP contribution in [-0.2, 0) is 9.59 Å². The van der Waals surface area contributed by atoms with Crippen molar-refractivity contribution in [1.29, 1.82) is 0 Å². The molecule has 1 aliphatic heterocycles. The Kier molecular flexibility index (Phi) is 4.50. The van der Waals surface area contributed by atoms with Crippen molar-refractivity contribution < 1.29 is 9.59 Å². The summed E-state index contributed by atoms with van der Waals surface area (Å²) in [4.78, 5) is 21.9. The van der Waals surface area contributed by atoms with Gasteiger partial charge in [0.25, 0.3) is 0 Å². The Morgan fingerprint density at radius 1 is 1.64 bits per heavy atom. The Balaban J connectivity index is 2.10. The van der Waals surface area contributed by atoms with E-state index in [9.17, 15) is 9.59 Å². The minimum atomic E-state index is -0.353. The summed E-state index contributed by atoms with van der Waals surface area (Å²) in [5.41, 5.74) is 0. The minimum Gasteiger partial charge on any atom is -0.305 e. The predicted octanol–water partition coefficient (Wildman–Crippen LogP) is -0.643. The van der Waals surface area contributed by atoms with Crippen LogP contribution in [0.5, 0.6) is 0 Å². The number of hydrogen-bond acceptors (Lipinski definition) is 4. The fourth-order valence-corrected chi connectivity index (χ4v) is 1.68. The third-order valence-electron chi connectivity index (χ3n) is 1.79. The molecule has 1 fully saturated rings. The molecule has 0 aromatic rings. The van der Waals surface area contributed by atoms with E-state index in [2.05, 4.69) is 16.6 Å². The number of carbonyl (C=O) groups is 2. The number of carbonyl (C=O) groups excluding carboxylic acids is 2. The molecule has 1 aliphatic rings. The zero-order valence-corrected chi connectivity index (χ0v) is 8.52. The molecule has 0 aliphatic carbocycles. The highest BCUT2D eigenvalue weighted by atomic mass is 32.2. The molecule has 0 spiro atoms. The van der Waals surface area contributed by atoms with E-state index in [4.69, 9.17) is 6.42 Å². The third-order valence-corrected chi connectivity index (χ3v) is 2.65. The average molecular weight is 212 g/mol. The third kappa shape index (κ3) is 3.40. The molecule has 76 valence electrons. The molecule has 2 amide bonds. The number of terminal acetylenes is 1. The van der Waals surface area contributed by atoms with Crippen LogP contribution in [0.2, 0.25) is 0 Å². The Bertz CT molecular complexity index is 272. The van der Waals surface area contributed by atoms with Gasteiger partial charge in [0.15, 0.2) is 0 Å². The molecular weight excluding hydrogens is 200 g/mol. The summed E-state index contributed by atoms with van der Waals surface area (Å²) in [6, 6.07) is -0.353. The molecular formula is C9H12N2O2S. The van der Waals surface area contributed by atoms with E-state index in [-0.39, 0.29) is 24.3 Å². The SMILES string of the molecule is C#CCSCCNC1CC(=O)NC1=O. The van der Waals surface area contributed by atoms with Crippen LogP contribution < -0.4 is 10.6 Å². The van der Waals surface area contributed by atoms with E-state index in [1.165, 1.54) is 0 Å². The van der Waals surface area contributed by atoms with Crippen molar-refractivity contribution in [2.75, 3.05) is 18.1 Å². The number of thioether (sulfide) groups is 1. The fourth-order valence-electron chi connectivity index (χ4n) is 1.15. The maximum Gasteiger partial charge on any atom is 0.244 e. The van der Waals surface area contributed by atoms with Crippen LogP contribution in [0.1, 0.15) is 6.42 Å². The molecule has 0 radical (unpaired) electrons. The molecule has 1 heterocycles. The van der Waals surface area contributed by atoms with Crippen molar-refractivity contribution in [2.45, 2.75) is 12.5 Å². The first-order valence-electron chi connectivity index (χ1n) is 4.32. The van der Waals surface area contributed by atoms with E-state index in [0.29, 0.717) is 12.3 Å².